The maximum Gasteiger partial charge on any atom is 0.338 e. The molecule has 0 saturated heterocycles. The molecule has 0 spiro atoms. The van der Waals surface area contributed by atoms with E-state index in [0.717, 1.165) is 0 Å². The van der Waals surface area contributed by atoms with Gasteiger partial charge in [0.15, 0.2) is 0 Å². The third-order valence-electron chi connectivity index (χ3n) is 3.82. The van der Waals surface area contributed by atoms with Crippen molar-refractivity contribution in [1.29, 1.82) is 0 Å². The van der Waals surface area contributed by atoms with E-state index >= 15 is 0 Å². The lowest BCUT2D eigenvalue weighted by Crippen LogP contribution is -2.30. The van der Waals surface area contributed by atoms with Crippen molar-refractivity contribution in [2.45, 2.75) is 25.3 Å². The summed E-state index contributed by atoms with van der Waals surface area (Å²) in [6.07, 6.45) is 0. The normalized spacial score (nSPS) is 11.6. The first-order chi connectivity index (χ1) is 12.3. The van der Waals surface area contributed by atoms with Crippen molar-refractivity contribution in [3.63, 3.8) is 0 Å². The highest BCUT2D eigenvalue weighted by atomic mass is 35.5. The molecule has 0 N–H and O–H groups in total. The molecule has 0 saturated carbocycles. The third-order valence-corrected chi connectivity index (χ3v) is 6.58. The summed E-state index contributed by atoms with van der Waals surface area (Å²) in [6, 6.07) is 10.8. The summed E-state index contributed by atoms with van der Waals surface area (Å²) < 4.78 is 31.7. The van der Waals surface area contributed by atoms with E-state index in [2.05, 4.69) is 0 Å². The summed E-state index contributed by atoms with van der Waals surface area (Å²) >= 11 is 12.1. The van der Waals surface area contributed by atoms with Crippen molar-refractivity contribution >= 4 is 39.2 Å². The summed E-state index contributed by atoms with van der Waals surface area (Å²) in [4.78, 5) is 12.4. The summed E-state index contributed by atoms with van der Waals surface area (Å²) in [7, 11) is -3.65. The van der Waals surface area contributed by atoms with E-state index in [9.17, 15) is 13.2 Å². The minimum Gasteiger partial charge on any atom is -0.457 e. The monoisotopic (exact) mass is 415 g/mol. The molecule has 5 nitrogen and oxygen atoms in total. The molecule has 2 aromatic carbocycles. The molecule has 0 aromatic heterocycles. The van der Waals surface area contributed by atoms with E-state index in [1.54, 1.807) is 32.0 Å². The van der Waals surface area contributed by atoms with Gasteiger partial charge >= 0.3 is 5.97 Å². The first kappa shape index (κ1) is 20.7. The lowest BCUT2D eigenvalue weighted by atomic mass is 10.2. The second kappa shape index (κ2) is 8.86. The van der Waals surface area contributed by atoms with Gasteiger partial charge in [0.05, 0.1) is 10.5 Å². The average molecular weight is 416 g/mol. The number of hydrogen-bond donors (Lipinski definition) is 0. The molecule has 140 valence electrons. The molecule has 0 aliphatic heterocycles. The Bertz CT molecular complexity index is 876. The summed E-state index contributed by atoms with van der Waals surface area (Å²) in [5, 5.41) is 0.784. The van der Waals surface area contributed by atoms with Crippen LogP contribution in [0.5, 0.6) is 0 Å². The fraction of sp³-hybridized carbons (Fsp3) is 0.278. The van der Waals surface area contributed by atoms with Crippen LogP contribution in [-0.2, 0) is 21.4 Å². The minimum absolute atomic E-state index is 0.0476. The number of halogens is 2. The second-order valence-electron chi connectivity index (χ2n) is 5.39. The molecular formula is C18H19Cl2NO4S. The van der Waals surface area contributed by atoms with Gasteiger partial charge in [-0.3, -0.25) is 0 Å². The number of nitrogens with zero attached hydrogens (tertiary/aromatic N) is 1. The zero-order valence-electron chi connectivity index (χ0n) is 14.4. The van der Waals surface area contributed by atoms with E-state index < -0.39 is 16.0 Å². The molecule has 2 aromatic rings. The molecule has 8 heteroatoms. The van der Waals surface area contributed by atoms with Crippen LogP contribution in [-0.4, -0.2) is 31.8 Å². The van der Waals surface area contributed by atoms with E-state index in [0.29, 0.717) is 28.7 Å². The van der Waals surface area contributed by atoms with Gasteiger partial charge in [0.2, 0.25) is 10.0 Å². The summed E-state index contributed by atoms with van der Waals surface area (Å²) in [5.74, 6) is -0.655. The van der Waals surface area contributed by atoms with Crippen LogP contribution in [0.1, 0.15) is 29.8 Å². The number of carbonyl (C=O) groups excluding carboxylic acids is 1. The maximum atomic E-state index is 12.6. The topological polar surface area (TPSA) is 63.7 Å². The zero-order valence-corrected chi connectivity index (χ0v) is 16.7. The molecule has 0 radical (unpaired) electrons. The maximum absolute atomic E-state index is 12.6. The first-order valence-electron chi connectivity index (χ1n) is 8.01. The predicted octanol–water partition coefficient (Wildman–Crippen LogP) is 4.38. The summed E-state index contributed by atoms with van der Waals surface area (Å²) in [6.45, 7) is 4.10. The van der Waals surface area contributed by atoms with E-state index in [1.165, 1.54) is 28.6 Å². The Morgan fingerprint density at radius 1 is 1.04 bits per heavy atom. The zero-order chi connectivity index (χ0) is 19.3. The Morgan fingerprint density at radius 2 is 1.62 bits per heavy atom. The van der Waals surface area contributed by atoms with Crippen molar-refractivity contribution in [2.24, 2.45) is 0 Å². The number of rotatable bonds is 7. The lowest BCUT2D eigenvalue weighted by Gasteiger charge is -2.18. The van der Waals surface area contributed by atoms with E-state index in [4.69, 9.17) is 27.9 Å². The second-order valence-corrected chi connectivity index (χ2v) is 8.15. The Kier molecular flexibility index (Phi) is 7.06. The van der Waals surface area contributed by atoms with Crippen molar-refractivity contribution in [2.75, 3.05) is 13.1 Å². The Morgan fingerprint density at radius 3 is 2.19 bits per heavy atom. The molecule has 0 amide bonds. The SMILES string of the molecule is CCN(CC)S(=O)(=O)c1cccc(C(=O)OCc2c(Cl)cccc2Cl)c1. The number of hydrogen-bond acceptors (Lipinski definition) is 4. The van der Waals surface area contributed by atoms with Crippen molar-refractivity contribution in [3.05, 3.63) is 63.6 Å². The fourth-order valence-electron chi connectivity index (χ4n) is 2.39. The number of carbonyl (C=O) groups is 1. The van der Waals surface area contributed by atoms with Crippen molar-refractivity contribution < 1.29 is 17.9 Å². The number of sulfonamides is 1. The fourth-order valence-corrected chi connectivity index (χ4v) is 4.40. The Hall–Kier alpha value is -1.60. The third kappa shape index (κ3) is 4.57. The summed E-state index contributed by atoms with van der Waals surface area (Å²) in [5.41, 5.74) is 0.637. The largest absolute Gasteiger partial charge is 0.457 e. The van der Waals surface area contributed by atoms with Crippen LogP contribution < -0.4 is 0 Å². The van der Waals surface area contributed by atoms with E-state index in [-0.39, 0.29) is 17.1 Å². The smallest absolute Gasteiger partial charge is 0.338 e. The van der Waals surface area contributed by atoms with Gasteiger partial charge in [0.1, 0.15) is 6.61 Å². The van der Waals surface area contributed by atoms with Gasteiger partial charge in [0, 0.05) is 28.7 Å². The number of esters is 1. The highest BCUT2D eigenvalue weighted by molar-refractivity contribution is 7.89. The molecule has 0 heterocycles. The minimum atomic E-state index is -3.65. The van der Waals surface area contributed by atoms with Crippen LogP contribution >= 0.6 is 23.2 Å². The first-order valence-corrected chi connectivity index (χ1v) is 10.2. The van der Waals surface area contributed by atoms with Crippen molar-refractivity contribution in [1.82, 2.24) is 4.31 Å². The predicted molar refractivity (Wildman–Crippen MR) is 102 cm³/mol. The van der Waals surface area contributed by atoms with Crippen molar-refractivity contribution in [3.8, 4) is 0 Å². The van der Waals surface area contributed by atoms with Gasteiger partial charge in [0.25, 0.3) is 0 Å². The Labute approximate surface area is 163 Å². The average Bonchev–Trinajstić information content (AvgIpc) is 2.62. The van der Waals surface area contributed by atoms with Gasteiger partial charge in [-0.15, -0.1) is 0 Å². The van der Waals surface area contributed by atoms with Gasteiger partial charge in [-0.05, 0) is 30.3 Å². The van der Waals surface area contributed by atoms with Crippen LogP contribution in [0.4, 0.5) is 0 Å². The highest BCUT2D eigenvalue weighted by Crippen LogP contribution is 2.25. The molecule has 0 aliphatic rings. The number of benzene rings is 2. The molecule has 26 heavy (non-hydrogen) atoms. The molecule has 2 rings (SSSR count). The molecule has 0 aliphatic carbocycles. The molecular weight excluding hydrogens is 397 g/mol. The van der Waals surface area contributed by atoms with Gasteiger partial charge in [-0.2, -0.15) is 4.31 Å². The van der Waals surface area contributed by atoms with Gasteiger partial charge < -0.3 is 4.74 Å². The molecule has 0 atom stereocenters. The quantitative estimate of drug-likeness (QED) is 0.629. The number of ether oxygens (including phenoxy) is 1. The molecule has 0 unspecified atom stereocenters. The van der Waals surface area contributed by atoms with Crippen LogP contribution in [0.15, 0.2) is 47.4 Å². The van der Waals surface area contributed by atoms with Crippen LogP contribution in [0.25, 0.3) is 0 Å². The van der Waals surface area contributed by atoms with Crippen LogP contribution in [0.3, 0.4) is 0 Å². The molecule has 0 fully saturated rings. The molecule has 0 bridgehead atoms. The van der Waals surface area contributed by atoms with E-state index in [1.807, 2.05) is 0 Å². The Balaban J connectivity index is 2.21. The van der Waals surface area contributed by atoms with Crippen LogP contribution in [0.2, 0.25) is 10.0 Å². The van der Waals surface area contributed by atoms with Crippen LogP contribution in [0, 0.1) is 0 Å². The highest BCUT2D eigenvalue weighted by Gasteiger charge is 2.23. The standard InChI is InChI=1S/C18H19Cl2NO4S/c1-3-21(4-2)26(23,24)14-8-5-7-13(11-14)18(22)25-12-15-16(19)9-6-10-17(15)20/h5-11H,3-4,12H2,1-2H3. The van der Waals surface area contributed by atoms with Gasteiger partial charge in [-0.25, -0.2) is 13.2 Å². The van der Waals surface area contributed by atoms with Gasteiger partial charge in [-0.1, -0.05) is 49.2 Å². The lowest BCUT2D eigenvalue weighted by molar-refractivity contribution is 0.0472.